The largest absolute Gasteiger partial charge is 0.486 e. The molecular formula is C14H19NO3. The molecule has 0 saturated heterocycles. The van der Waals surface area contributed by atoms with Crippen molar-refractivity contribution >= 4 is 0 Å². The molecular weight excluding hydrogens is 230 g/mol. The zero-order valence-corrected chi connectivity index (χ0v) is 10.5. The molecule has 1 aromatic carbocycles. The van der Waals surface area contributed by atoms with Gasteiger partial charge in [-0.15, -0.1) is 0 Å². The number of ether oxygens (including phenoxy) is 3. The summed E-state index contributed by atoms with van der Waals surface area (Å²) in [7, 11) is 0. The lowest BCUT2D eigenvalue weighted by molar-refractivity contribution is 0.0385. The number of benzene rings is 1. The van der Waals surface area contributed by atoms with E-state index in [2.05, 4.69) is 0 Å². The number of rotatable bonds is 3. The highest BCUT2D eigenvalue weighted by Gasteiger charge is 2.33. The molecule has 0 aromatic heterocycles. The highest BCUT2D eigenvalue weighted by molar-refractivity contribution is 5.47. The molecule has 2 N–H and O–H groups in total. The van der Waals surface area contributed by atoms with E-state index in [1.165, 1.54) is 19.3 Å². The zero-order chi connectivity index (χ0) is 12.4. The molecule has 1 saturated carbocycles. The molecule has 0 radical (unpaired) electrons. The summed E-state index contributed by atoms with van der Waals surface area (Å²) in [4.78, 5) is 0. The van der Waals surface area contributed by atoms with E-state index in [0.717, 1.165) is 30.1 Å². The van der Waals surface area contributed by atoms with Gasteiger partial charge in [-0.3, -0.25) is 0 Å². The lowest BCUT2D eigenvalue weighted by atomic mass is 9.84. The average molecular weight is 249 g/mol. The Labute approximate surface area is 107 Å². The van der Waals surface area contributed by atoms with Crippen LogP contribution in [0.5, 0.6) is 17.2 Å². The molecule has 0 unspecified atom stereocenters. The normalized spacial score (nSPS) is 20.7. The van der Waals surface area contributed by atoms with E-state index >= 15 is 0 Å². The number of hydrogen-bond donors (Lipinski definition) is 1. The highest BCUT2D eigenvalue weighted by Crippen LogP contribution is 2.38. The van der Waals surface area contributed by atoms with Gasteiger partial charge in [-0.25, -0.2) is 0 Å². The first kappa shape index (κ1) is 11.7. The molecule has 98 valence electrons. The highest BCUT2D eigenvalue weighted by atomic mass is 16.7. The molecule has 1 aliphatic carbocycles. The SMILES string of the molecule is NCC1(Oc2ccc3c(c2)OCO3)CCCCC1. The molecule has 0 atom stereocenters. The number of hydrogen-bond acceptors (Lipinski definition) is 4. The van der Waals surface area contributed by atoms with E-state index in [0.29, 0.717) is 13.3 Å². The second kappa shape index (κ2) is 4.69. The zero-order valence-electron chi connectivity index (χ0n) is 10.5. The second-order valence-electron chi connectivity index (χ2n) is 5.06. The molecule has 0 bridgehead atoms. The smallest absolute Gasteiger partial charge is 0.231 e. The fourth-order valence-corrected chi connectivity index (χ4v) is 2.73. The summed E-state index contributed by atoms with van der Waals surface area (Å²) < 4.78 is 16.8. The summed E-state index contributed by atoms with van der Waals surface area (Å²) in [5.74, 6) is 2.37. The van der Waals surface area contributed by atoms with E-state index in [1.54, 1.807) is 0 Å². The minimum atomic E-state index is -0.189. The minimum absolute atomic E-state index is 0.189. The van der Waals surface area contributed by atoms with Crippen LogP contribution in [0.4, 0.5) is 0 Å². The van der Waals surface area contributed by atoms with Crippen LogP contribution in [0, 0.1) is 0 Å². The number of nitrogens with two attached hydrogens (primary N) is 1. The molecule has 4 heteroatoms. The average Bonchev–Trinajstić information content (AvgIpc) is 2.87. The van der Waals surface area contributed by atoms with Crippen LogP contribution in [-0.2, 0) is 0 Å². The second-order valence-corrected chi connectivity index (χ2v) is 5.06. The van der Waals surface area contributed by atoms with Crippen molar-refractivity contribution in [3.05, 3.63) is 18.2 Å². The van der Waals surface area contributed by atoms with Crippen molar-refractivity contribution in [2.24, 2.45) is 5.73 Å². The van der Waals surface area contributed by atoms with Gasteiger partial charge in [-0.1, -0.05) is 6.42 Å². The van der Waals surface area contributed by atoms with Crippen molar-refractivity contribution in [2.75, 3.05) is 13.3 Å². The first-order chi connectivity index (χ1) is 8.81. The van der Waals surface area contributed by atoms with Gasteiger partial charge < -0.3 is 19.9 Å². The minimum Gasteiger partial charge on any atom is -0.486 e. The monoisotopic (exact) mass is 249 g/mol. The standard InChI is InChI=1S/C14H19NO3/c15-9-14(6-2-1-3-7-14)18-11-4-5-12-13(8-11)17-10-16-12/h4-5,8H,1-3,6-7,9-10,15H2. The Balaban J connectivity index is 1.78. The Morgan fingerprint density at radius 3 is 2.67 bits per heavy atom. The lowest BCUT2D eigenvalue weighted by Crippen LogP contribution is -2.45. The fourth-order valence-electron chi connectivity index (χ4n) is 2.73. The molecule has 4 nitrogen and oxygen atoms in total. The molecule has 1 aromatic rings. The van der Waals surface area contributed by atoms with Gasteiger partial charge >= 0.3 is 0 Å². The summed E-state index contributed by atoms with van der Waals surface area (Å²) in [6.07, 6.45) is 5.76. The van der Waals surface area contributed by atoms with Crippen molar-refractivity contribution in [2.45, 2.75) is 37.7 Å². The van der Waals surface area contributed by atoms with Crippen LogP contribution in [0.15, 0.2) is 18.2 Å². The molecule has 0 spiro atoms. The lowest BCUT2D eigenvalue weighted by Gasteiger charge is -2.36. The fraction of sp³-hybridized carbons (Fsp3) is 0.571. The molecule has 0 amide bonds. The Morgan fingerprint density at radius 1 is 1.11 bits per heavy atom. The summed E-state index contributed by atoms with van der Waals surface area (Å²) in [5, 5.41) is 0. The van der Waals surface area contributed by atoms with Crippen molar-refractivity contribution in [1.29, 1.82) is 0 Å². The van der Waals surface area contributed by atoms with Crippen LogP contribution in [-0.4, -0.2) is 18.9 Å². The first-order valence-corrected chi connectivity index (χ1v) is 6.60. The van der Waals surface area contributed by atoms with Gasteiger partial charge in [0.1, 0.15) is 11.4 Å². The Morgan fingerprint density at radius 2 is 1.89 bits per heavy atom. The quantitative estimate of drug-likeness (QED) is 0.894. The summed E-state index contributed by atoms with van der Waals surface area (Å²) in [5.41, 5.74) is 5.73. The van der Waals surface area contributed by atoms with Crippen LogP contribution < -0.4 is 19.9 Å². The van der Waals surface area contributed by atoms with E-state index in [1.807, 2.05) is 18.2 Å². The Hall–Kier alpha value is -1.42. The van der Waals surface area contributed by atoms with Gasteiger partial charge in [0, 0.05) is 12.6 Å². The predicted octanol–water partition coefficient (Wildman–Crippen LogP) is 2.46. The van der Waals surface area contributed by atoms with E-state index in [4.69, 9.17) is 19.9 Å². The molecule has 2 aliphatic rings. The van der Waals surface area contributed by atoms with Gasteiger partial charge in [0.15, 0.2) is 11.5 Å². The van der Waals surface area contributed by atoms with E-state index in [-0.39, 0.29) is 5.60 Å². The van der Waals surface area contributed by atoms with Gasteiger partial charge in [-0.2, -0.15) is 0 Å². The van der Waals surface area contributed by atoms with Crippen LogP contribution in [0.25, 0.3) is 0 Å². The molecule has 18 heavy (non-hydrogen) atoms. The summed E-state index contributed by atoms with van der Waals surface area (Å²) in [6.45, 7) is 0.863. The van der Waals surface area contributed by atoms with Crippen molar-refractivity contribution in [1.82, 2.24) is 0 Å². The van der Waals surface area contributed by atoms with Crippen molar-refractivity contribution in [3.8, 4) is 17.2 Å². The van der Waals surface area contributed by atoms with Crippen LogP contribution >= 0.6 is 0 Å². The van der Waals surface area contributed by atoms with Crippen molar-refractivity contribution < 1.29 is 14.2 Å². The van der Waals surface area contributed by atoms with Gasteiger partial charge in [0.25, 0.3) is 0 Å². The molecule has 1 fully saturated rings. The van der Waals surface area contributed by atoms with E-state index in [9.17, 15) is 0 Å². The van der Waals surface area contributed by atoms with Crippen LogP contribution in [0.1, 0.15) is 32.1 Å². The maximum atomic E-state index is 6.16. The van der Waals surface area contributed by atoms with Crippen molar-refractivity contribution in [3.63, 3.8) is 0 Å². The molecule has 1 aliphatic heterocycles. The Kier molecular flexibility index (Phi) is 3.04. The Bertz CT molecular complexity index is 427. The van der Waals surface area contributed by atoms with Gasteiger partial charge in [-0.05, 0) is 37.8 Å². The third-order valence-corrected chi connectivity index (χ3v) is 3.82. The third-order valence-electron chi connectivity index (χ3n) is 3.82. The van der Waals surface area contributed by atoms with Gasteiger partial charge in [0.2, 0.25) is 6.79 Å². The third kappa shape index (κ3) is 2.12. The summed E-state index contributed by atoms with van der Waals surface area (Å²) >= 11 is 0. The van der Waals surface area contributed by atoms with Crippen LogP contribution in [0.2, 0.25) is 0 Å². The van der Waals surface area contributed by atoms with Crippen LogP contribution in [0.3, 0.4) is 0 Å². The topological polar surface area (TPSA) is 53.7 Å². The molecule has 3 rings (SSSR count). The number of fused-ring (bicyclic) bond motifs is 1. The first-order valence-electron chi connectivity index (χ1n) is 6.60. The maximum absolute atomic E-state index is 6.16. The summed E-state index contributed by atoms with van der Waals surface area (Å²) in [6, 6.07) is 5.72. The van der Waals surface area contributed by atoms with Gasteiger partial charge in [0.05, 0.1) is 0 Å². The maximum Gasteiger partial charge on any atom is 0.231 e. The predicted molar refractivity (Wildman–Crippen MR) is 68.1 cm³/mol. The molecule has 1 heterocycles. The van der Waals surface area contributed by atoms with E-state index < -0.39 is 0 Å².